The molecule has 18 heavy (non-hydrogen) atoms. The number of carbonyl (C=O) groups excluding carboxylic acids is 1. The highest BCUT2D eigenvalue weighted by Crippen LogP contribution is 2.33. The van der Waals surface area contributed by atoms with Gasteiger partial charge in [0.05, 0.1) is 11.8 Å². The number of aliphatic carboxylic acids is 1. The first-order valence-corrected chi connectivity index (χ1v) is 7.14. The molecule has 3 unspecified atom stereocenters. The number of amides is 1. The molecule has 2 rings (SSSR count). The Hall–Kier alpha value is -1.06. The molecule has 0 aromatic rings. The van der Waals surface area contributed by atoms with Gasteiger partial charge in [-0.05, 0) is 39.0 Å². The maximum Gasteiger partial charge on any atom is 0.307 e. The van der Waals surface area contributed by atoms with Crippen LogP contribution in [0.2, 0.25) is 0 Å². The number of nitrogens with zero attached hydrogens (tertiary/aromatic N) is 1. The summed E-state index contributed by atoms with van der Waals surface area (Å²) in [7, 11) is 0. The average Bonchev–Trinajstić information content (AvgIpc) is 2.38. The van der Waals surface area contributed by atoms with E-state index in [9.17, 15) is 14.7 Å². The molecule has 1 amide bonds. The van der Waals surface area contributed by atoms with Crippen molar-refractivity contribution in [2.45, 2.75) is 57.9 Å². The number of rotatable bonds is 2. The number of hydrogen-bond donors (Lipinski definition) is 1. The molecule has 102 valence electrons. The lowest BCUT2D eigenvalue weighted by Crippen LogP contribution is -2.48. The quantitative estimate of drug-likeness (QED) is 0.821. The van der Waals surface area contributed by atoms with Gasteiger partial charge in [-0.25, -0.2) is 0 Å². The van der Waals surface area contributed by atoms with Crippen LogP contribution in [0.25, 0.3) is 0 Å². The summed E-state index contributed by atoms with van der Waals surface area (Å²) in [4.78, 5) is 25.7. The number of piperidine rings is 1. The summed E-state index contributed by atoms with van der Waals surface area (Å²) < 4.78 is 0. The third-order valence-electron chi connectivity index (χ3n) is 4.49. The Kier molecular flexibility index (Phi) is 4.25. The van der Waals surface area contributed by atoms with Gasteiger partial charge in [-0.2, -0.15) is 0 Å². The standard InChI is InChI=1S/C14H23NO3/c1-10-6-4-5-9-15(10)13(16)11-7-2-3-8-12(11)14(17)18/h10-12H,2-9H2,1H3,(H,17,18). The van der Waals surface area contributed by atoms with Crippen molar-refractivity contribution in [1.82, 2.24) is 4.90 Å². The normalized spacial score (nSPS) is 33.2. The highest BCUT2D eigenvalue weighted by molar-refractivity contribution is 5.85. The number of hydrogen-bond acceptors (Lipinski definition) is 2. The van der Waals surface area contributed by atoms with Gasteiger partial charge in [0, 0.05) is 12.6 Å². The van der Waals surface area contributed by atoms with Gasteiger partial charge in [-0.15, -0.1) is 0 Å². The molecular formula is C14H23NO3. The van der Waals surface area contributed by atoms with Crippen molar-refractivity contribution in [2.75, 3.05) is 6.54 Å². The van der Waals surface area contributed by atoms with E-state index in [0.717, 1.165) is 38.6 Å². The van der Waals surface area contributed by atoms with Gasteiger partial charge in [-0.1, -0.05) is 12.8 Å². The van der Waals surface area contributed by atoms with E-state index in [1.165, 1.54) is 6.42 Å². The summed E-state index contributed by atoms with van der Waals surface area (Å²) >= 11 is 0. The number of likely N-dealkylation sites (tertiary alicyclic amines) is 1. The molecule has 0 aromatic heterocycles. The van der Waals surface area contributed by atoms with Crippen LogP contribution in [0.4, 0.5) is 0 Å². The van der Waals surface area contributed by atoms with E-state index in [1.807, 2.05) is 4.90 Å². The van der Waals surface area contributed by atoms with E-state index in [-0.39, 0.29) is 17.9 Å². The molecule has 3 atom stereocenters. The molecule has 4 heteroatoms. The van der Waals surface area contributed by atoms with Gasteiger partial charge in [-0.3, -0.25) is 9.59 Å². The molecule has 4 nitrogen and oxygen atoms in total. The molecule has 0 bridgehead atoms. The van der Waals surface area contributed by atoms with Gasteiger partial charge >= 0.3 is 5.97 Å². The smallest absolute Gasteiger partial charge is 0.307 e. The maximum atomic E-state index is 12.5. The topological polar surface area (TPSA) is 57.6 Å². The summed E-state index contributed by atoms with van der Waals surface area (Å²) in [5, 5.41) is 9.25. The van der Waals surface area contributed by atoms with Crippen LogP contribution in [0.1, 0.15) is 51.9 Å². The van der Waals surface area contributed by atoms with Crippen molar-refractivity contribution in [2.24, 2.45) is 11.8 Å². The molecule has 1 N–H and O–H groups in total. The van der Waals surface area contributed by atoms with Gasteiger partial charge in [0.25, 0.3) is 0 Å². The van der Waals surface area contributed by atoms with Gasteiger partial charge < -0.3 is 10.0 Å². The van der Waals surface area contributed by atoms with Crippen molar-refractivity contribution in [3.8, 4) is 0 Å². The maximum absolute atomic E-state index is 12.5. The minimum absolute atomic E-state index is 0.0919. The minimum atomic E-state index is -0.794. The second-order valence-corrected chi connectivity index (χ2v) is 5.71. The van der Waals surface area contributed by atoms with E-state index >= 15 is 0 Å². The van der Waals surface area contributed by atoms with Crippen LogP contribution in [-0.2, 0) is 9.59 Å². The lowest BCUT2D eigenvalue weighted by atomic mass is 9.78. The Morgan fingerprint density at radius 3 is 2.22 bits per heavy atom. The van der Waals surface area contributed by atoms with Crippen molar-refractivity contribution in [3.63, 3.8) is 0 Å². The molecule has 0 aromatic carbocycles. The molecule has 1 aliphatic heterocycles. The van der Waals surface area contributed by atoms with Gasteiger partial charge in [0.15, 0.2) is 0 Å². The van der Waals surface area contributed by atoms with Crippen LogP contribution in [0.5, 0.6) is 0 Å². The third kappa shape index (κ3) is 2.68. The second kappa shape index (κ2) is 5.72. The summed E-state index contributed by atoms with van der Waals surface area (Å²) in [5.41, 5.74) is 0. The van der Waals surface area contributed by atoms with Crippen molar-refractivity contribution >= 4 is 11.9 Å². The van der Waals surface area contributed by atoms with Crippen molar-refractivity contribution in [1.29, 1.82) is 0 Å². The highest BCUT2D eigenvalue weighted by Gasteiger charge is 2.39. The molecule has 1 saturated heterocycles. The van der Waals surface area contributed by atoms with Crippen LogP contribution >= 0.6 is 0 Å². The Morgan fingerprint density at radius 1 is 1.00 bits per heavy atom. The Morgan fingerprint density at radius 2 is 1.61 bits per heavy atom. The Labute approximate surface area is 108 Å². The predicted octanol–water partition coefficient (Wildman–Crippen LogP) is 2.28. The molecular weight excluding hydrogens is 230 g/mol. The Balaban J connectivity index is 2.07. The van der Waals surface area contributed by atoms with Crippen molar-refractivity contribution in [3.05, 3.63) is 0 Å². The van der Waals surface area contributed by atoms with E-state index in [1.54, 1.807) is 0 Å². The van der Waals surface area contributed by atoms with E-state index in [0.29, 0.717) is 6.42 Å². The lowest BCUT2D eigenvalue weighted by molar-refractivity contribution is -0.153. The zero-order valence-electron chi connectivity index (χ0n) is 11.1. The number of carboxylic acids is 1. The number of carboxylic acid groups (broad SMARTS) is 1. The van der Waals surface area contributed by atoms with Gasteiger partial charge in [0.2, 0.25) is 5.91 Å². The van der Waals surface area contributed by atoms with E-state index in [2.05, 4.69) is 6.92 Å². The third-order valence-corrected chi connectivity index (χ3v) is 4.49. The average molecular weight is 253 g/mol. The van der Waals surface area contributed by atoms with Crippen LogP contribution in [0, 0.1) is 11.8 Å². The molecule has 1 aliphatic carbocycles. The Bertz CT molecular complexity index is 329. The second-order valence-electron chi connectivity index (χ2n) is 5.71. The largest absolute Gasteiger partial charge is 0.481 e. The summed E-state index contributed by atoms with van der Waals surface area (Å²) in [6, 6.07) is 0.280. The van der Waals surface area contributed by atoms with Gasteiger partial charge in [0.1, 0.15) is 0 Å². The first-order valence-electron chi connectivity index (χ1n) is 7.14. The van der Waals surface area contributed by atoms with Crippen LogP contribution in [0.3, 0.4) is 0 Å². The molecule has 1 saturated carbocycles. The fourth-order valence-electron chi connectivity index (χ4n) is 3.36. The molecule has 2 fully saturated rings. The first kappa shape index (κ1) is 13.4. The molecule has 2 aliphatic rings. The lowest BCUT2D eigenvalue weighted by Gasteiger charge is -2.38. The number of carbonyl (C=O) groups is 2. The van der Waals surface area contributed by atoms with Crippen LogP contribution in [-0.4, -0.2) is 34.5 Å². The zero-order chi connectivity index (χ0) is 13.1. The van der Waals surface area contributed by atoms with Crippen molar-refractivity contribution < 1.29 is 14.7 Å². The molecule has 1 heterocycles. The predicted molar refractivity (Wildman–Crippen MR) is 68.1 cm³/mol. The fraction of sp³-hybridized carbons (Fsp3) is 0.857. The summed E-state index contributed by atoms with van der Waals surface area (Å²) in [5.74, 6) is -1.44. The summed E-state index contributed by atoms with van der Waals surface area (Å²) in [6.45, 7) is 2.89. The van der Waals surface area contributed by atoms with Crippen LogP contribution < -0.4 is 0 Å². The molecule has 0 radical (unpaired) electrons. The monoisotopic (exact) mass is 253 g/mol. The van der Waals surface area contributed by atoms with E-state index in [4.69, 9.17) is 0 Å². The van der Waals surface area contributed by atoms with Crippen LogP contribution in [0.15, 0.2) is 0 Å². The first-order chi connectivity index (χ1) is 8.61. The minimum Gasteiger partial charge on any atom is -0.481 e. The zero-order valence-corrected chi connectivity index (χ0v) is 11.1. The summed E-state index contributed by atoms with van der Waals surface area (Å²) in [6.07, 6.45) is 6.63. The van der Waals surface area contributed by atoms with E-state index < -0.39 is 11.9 Å². The highest BCUT2D eigenvalue weighted by atomic mass is 16.4. The fourth-order valence-corrected chi connectivity index (χ4v) is 3.36. The molecule has 0 spiro atoms. The SMILES string of the molecule is CC1CCCCN1C(=O)C1CCCCC1C(=O)O.